The Balaban J connectivity index is 1.81. The van der Waals surface area contributed by atoms with Gasteiger partial charge in [-0.3, -0.25) is 14.7 Å². The van der Waals surface area contributed by atoms with E-state index in [1.807, 2.05) is 24.1 Å². The lowest BCUT2D eigenvalue weighted by atomic mass is 10.2. The third-order valence-electron chi connectivity index (χ3n) is 3.57. The molecule has 0 saturated carbocycles. The van der Waals surface area contributed by atoms with Gasteiger partial charge in [0.15, 0.2) is 0 Å². The Kier molecular flexibility index (Phi) is 4.87. The molecule has 1 atom stereocenters. The number of aromatic nitrogens is 1. The summed E-state index contributed by atoms with van der Waals surface area (Å²) in [4.78, 5) is 20.3. The molecular weight excluding hydrogens is 240 g/mol. The van der Waals surface area contributed by atoms with Crippen LogP contribution < -0.4 is 5.73 Å². The maximum Gasteiger partial charge on any atom is 0.239 e. The SMILES string of the molecule is CCC(N)C(=O)N1CCN(Cc2cccnc2)CC1. The number of rotatable bonds is 4. The van der Waals surface area contributed by atoms with Crippen molar-refractivity contribution < 1.29 is 4.79 Å². The highest BCUT2D eigenvalue weighted by Crippen LogP contribution is 2.08. The smallest absolute Gasteiger partial charge is 0.239 e. The number of carbonyl (C=O) groups excluding carboxylic acids is 1. The summed E-state index contributed by atoms with van der Waals surface area (Å²) in [6.45, 7) is 6.19. The van der Waals surface area contributed by atoms with E-state index in [2.05, 4.69) is 16.0 Å². The van der Waals surface area contributed by atoms with Gasteiger partial charge in [-0.2, -0.15) is 0 Å². The molecule has 2 rings (SSSR count). The van der Waals surface area contributed by atoms with Gasteiger partial charge in [0.2, 0.25) is 5.91 Å². The first-order valence-corrected chi connectivity index (χ1v) is 6.86. The van der Waals surface area contributed by atoms with Crippen molar-refractivity contribution in [3.05, 3.63) is 30.1 Å². The van der Waals surface area contributed by atoms with E-state index in [1.54, 1.807) is 6.20 Å². The maximum absolute atomic E-state index is 12.0. The van der Waals surface area contributed by atoms with Crippen LogP contribution in [0.25, 0.3) is 0 Å². The van der Waals surface area contributed by atoms with Gasteiger partial charge in [0.25, 0.3) is 0 Å². The van der Waals surface area contributed by atoms with E-state index >= 15 is 0 Å². The molecule has 1 aliphatic heterocycles. The third-order valence-corrected chi connectivity index (χ3v) is 3.57. The van der Waals surface area contributed by atoms with Crippen LogP contribution in [-0.4, -0.2) is 52.9 Å². The molecule has 1 amide bonds. The summed E-state index contributed by atoms with van der Waals surface area (Å²) >= 11 is 0. The van der Waals surface area contributed by atoms with E-state index in [1.165, 1.54) is 5.56 Å². The van der Waals surface area contributed by atoms with Crippen molar-refractivity contribution in [1.29, 1.82) is 0 Å². The summed E-state index contributed by atoms with van der Waals surface area (Å²) in [5.41, 5.74) is 7.01. The minimum atomic E-state index is -0.343. The molecule has 1 unspecified atom stereocenters. The van der Waals surface area contributed by atoms with Gasteiger partial charge in [0.05, 0.1) is 6.04 Å². The number of amides is 1. The summed E-state index contributed by atoms with van der Waals surface area (Å²) in [5, 5.41) is 0. The molecule has 5 heteroatoms. The standard InChI is InChI=1S/C14H22N4O/c1-2-13(15)14(19)18-8-6-17(7-9-18)11-12-4-3-5-16-10-12/h3-5,10,13H,2,6-9,11,15H2,1H3. The van der Waals surface area contributed by atoms with Crippen LogP contribution in [0.15, 0.2) is 24.5 Å². The van der Waals surface area contributed by atoms with Crippen molar-refractivity contribution in [2.75, 3.05) is 26.2 Å². The Morgan fingerprint density at radius 1 is 1.42 bits per heavy atom. The fourth-order valence-corrected chi connectivity index (χ4v) is 2.29. The molecule has 1 aromatic rings. The fourth-order valence-electron chi connectivity index (χ4n) is 2.29. The van der Waals surface area contributed by atoms with Gasteiger partial charge in [0.1, 0.15) is 0 Å². The Labute approximate surface area is 114 Å². The molecule has 19 heavy (non-hydrogen) atoms. The molecule has 1 fully saturated rings. The van der Waals surface area contributed by atoms with E-state index < -0.39 is 0 Å². The van der Waals surface area contributed by atoms with Gasteiger partial charge in [-0.25, -0.2) is 0 Å². The minimum absolute atomic E-state index is 0.0866. The summed E-state index contributed by atoms with van der Waals surface area (Å²) in [7, 11) is 0. The van der Waals surface area contributed by atoms with Gasteiger partial charge in [-0.05, 0) is 18.1 Å². The van der Waals surface area contributed by atoms with Crippen molar-refractivity contribution in [1.82, 2.24) is 14.8 Å². The van der Waals surface area contributed by atoms with E-state index in [0.29, 0.717) is 6.42 Å². The normalized spacial score (nSPS) is 18.3. The fraction of sp³-hybridized carbons (Fsp3) is 0.571. The lowest BCUT2D eigenvalue weighted by molar-refractivity contribution is -0.134. The molecule has 0 bridgehead atoms. The van der Waals surface area contributed by atoms with Crippen LogP contribution in [0.4, 0.5) is 0 Å². The van der Waals surface area contributed by atoms with Crippen molar-refractivity contribution in [3.8, 4) is 0 Å². The second-order valence-electron chi connectivity index (χ2n) is 4.98. The predicted molar refractivity (Wildman–Crippen MR) is 74.4 cm³/mol. The van der Waals surface area contributed by atoms with Crippen molar-refractivity contribution in [3.63, 3.8) is 0 Å². The molecule has 0 spiro atoms. The number of nitrogens with zero attached hydrogens (tertiary/aromatic N) is 3. The van der Waals surface area contributed by atoms with Crippen molar-refractivity contribution in [2.24, 2.45) is 5.73 Å². The first kappa shape index (κ1) is 14.0. The number of nitrogens with two attached hydrogens (primary N) is 1. The third kappa shape index (κ3) is 3.75. The van der Waals surface area contributed by atoms with Gasteiger partial charge >= 0.3 is 0 Å². The topological polar surface area (TPSA) is 62.5 Å². The minimum Gasteiger partial charge on any atom is -0.339 e. The molecule has 2 N–H and O–H groups in total. The predicted octanol–water partition coefficient (Wildman–Crippen LogP) is 0.463. The monoisotopic (exact) mass is 262 g/mol. The Bertz CT molecular complexity index is 401. The molecule has 1 saturated heterocycles. The van der Waals surface area contributed by atoms with Gasteiger partial charge in [-0.1, -0.05) is 13.0 Å². The van der Waals surface area contributed by atoms with Crippen molar-refractivity contribution in [2.45, 2.75) is 25.9 Å². The quantitative estimate of drug-likeness (QED) is 0.856. The average molecular weight is 262 g/mol. The molecule has 5 nitrogen and oxygen atoms in total. The average Bonchev–Trinajstić information content (AvgIpc) is 2.47. The molecule has 2 heterocycles. The van der Waals surface area contributed by atoms with E-state index in [-0.39, 0.29) is 11.9 Å². The van der Waals surface area contributed by atoms with Crippen LogP contribution in [0.5, 0.6) is 0 Å². The Morgan fingerprint density at radius 3 is 2.74 bits per heavy atom. The van der Waals surface area contributed by atoms with Crippen LogP contribution >= 0.6 is 0 Å². The van der Waals surface area contributed by atoms with Gasteiger partial charge in [0, 0.05) is 45.1 Å². The first-order valence-electron chi connectivity index (χ1n) is 6.86. The molecule has 0 radical (unpaired) electrons. The number of hydrogen-bond acceptors (Lipinski definition) is 4. The largest absolute Gasteiger partial charge is 0.339 e. The molecule has 0 aromatic carbocycles. The summed E-state index contributed by atoms with van der Waals surface area (Å²) < 4.78 is 0. The highest BCUT2D eigenvalue weighted by atomic mass is 16.2. The van der Waals surface area contributed by atoms with Crippen LogP contribution in [-0.2, 0) is 11.3 Å². The maximum atomic E-state index is 12.0. The molecule has 104 valence electrons. The second-order valence-corrected chi connectivity index (χ2v) is 4.98. The van der Waals surface area contributed by atoms with Crippen LogP contribution in [0, 0.1) is 0 Å². The van der Waals surface area contributed by atoms with E-state index in [4.69, 9.17) is 5.73 Å². The summed E-state index contributed by atoms with van der Waals surface area (Å²) in [5.74, 6) is 0.0866. The van der Waals surface area contributed by atoms with Crippen LogP contribution in [0.2, 0.25) is 0 Å². The van der Waals surface area contributed by atoms with Crippen LogP contribution in [0.1, 0.15) is 18.9 Å². The zero-order valence-electron chi connectivity index (χ0n) is 11.5. The molecule has 1 aliphatic rings. The van der Waals surface area contributed by atoms with Crippen molar-refractivity contribution >= 4 is 5.91 Å². The van der Waals surface area contributed by atoms with E-state index in [0.717, 1.165) is 32.7 Å². The lowest BCUT2D eigenvalue weighted by Crippen LogP contribution is -2.52. The second kappa shape index (κ2) is 6.63. The number of pyridine rings is 1. The molecular formula is C14H22N4O. The number of carbonyl (C=O) groups is 1. The Hall–Kier alpha value is -1.46. The molecule has 0 aliphatic carbocycles. The number of piperazine rings is 1. The zero-order valence-corrected chi connectivity index (χ0v) is 11.5. The van der Waals surface area contributed by atoms with Gasteiger partial charge < -0.3 is 10.6 Å². The van der Waals surface area contributed by atoms with Gasteiger partial charge in [-0.15, -0.1) is 0 Å². The lowest BCUT2D eigenvalue weighted by Gasteiger charge is -2.35. The summed E-state index contributed by atoms with van der Waals surface area (Å²) in [6.07, 6.45) is 4.38. The highest BCUT2D eigenvalue weighted by Gasteiger charge is 2.24. The summed E-state index contributed by atoms with van der Waals surface area (Å²) in [6, 6.07) is 3.69. The molecule has 1 aromatic heterocycles. The zero-order chi connectivity index (χ0) is 13.7. The number of hydrogen-bond donors (Lipinski definition) is 1. The highest BCUT2D eigenvalue weighted by molar-refractivity contribution is 5.81. The van der Waals surface area contributed by atoms with Crippen LogP contribution in [0.3, 0.4) is 0 Å². The Morgan fingerprint density at radius 2 is 2.16 bits per heavy atom. The van der Waals surface area contributed by atoms with E-state index in [9.17, 15) is 4.79 Å². The first-order chi connectivity index (χ1) is 9.20.